The Kier molecular flexibility index (Phi) is 4.98. The average molecular weight is 273 g/mol. The summed E-state index contributed by atoms with van der Waals surface area (Å²) in [5, 5.41) is 22.7. The number of phenolic OH excluding ortho intramolecular Hbond substituents is 1. The second-order valence-corrected chi connectivity index (χ2v) is 4.49. The first-order valence-corrected chi connectivity index (χ1v) is 6.50. The first kappa shape index (κ1) is 14.4. The molecular weight excluding hydrogens is 254 g/mol. The first-order chi connectivity index (χ1) is 9.76. The van der Waals surface area contributed by atoms with Gasteiger partial charge in [0.25, 0.3) is 0 Å². The van der Waals surface area contributed by atoms with Crippen LogP contribution in [0.4, 0.5) is 0 Å². The van der Waals surface area contributed by atoms with Crippen molar-refractivity contribution in [2.45, 2.75) is 12.6 Å². The molecule has 3 N–H and O–H groups in total. The summed E-state index contributed by atoms with van der Waals surface area (Å²) in [5.74, 6) is 0.580. The monoisotopic (exact) mass is 273 g/mol. The summed E-state index contributed by atoms with van der Waals surface area (Å²) in [7, 11) is 1.52. The van der Waals surface area contributed by atoms with Gasteiger partial charge >= 0.3 is 0 Å². The number of para-hydroxylation sites is 1. The minimum atomic E-state index is -0.165. The summed E-state index contributed by atoms with van der Waals surface area (Å²) < 4.78 is 5.08. The van der Waals surface area contributed by atoms with Crippen LogP contribution >= 0.6 is 0 Å². The minimum Gasteiger partial charge on any atom is -0.504 e. The molecule has 0 heterocycles. The van der Waals surface area contributed by atoms with Gasteiger partial charge in [-0.15, -0.1) is 0 Å². The number of aliphatic hydroxyl groups excluding tert-OH is 1. The zero-order chi connectivity index (χ0) is 14.4. The topological polar surface area (TPSA) is 61.7 Å². The summed E-state index contributed by atoms with van der Waals surface area (Å²) in [6, 6.07) is 14.9. The maximum atomic E-state index is 10.0. The number of ether oxygens (including phenoxy) is 1. The highest BCUT2D eigenvalue weighted by molar-refractivity contribution is 5.45. The van der Waals surface area contributed by atoms with Crippen LogP contribution < -0.4 is 10.1 Å². The van der Waals surface area contributed by atoms with Crippen molar-refractivity contribution in [3.05, 3.63) is 59.7 Å². The van der Waals surface area contributed by atoms with Gasteiger partial charge < -0.3 is 20.3 Å². The van der Waals surface area contributed by atoms with Crippen LogP contribution in [0.3, 0.4) is 0 Å². The molecule has 0 fully saturated rings. The minimum absolute atomic E-state index is 0.00521. The SMILES string of the molecule is COc1cccc(CNC(CO)c2ccccc2)c1O. The number of aliphatic hydroxyl groups is 1. The fourth-order valence-electron chi connectivity index (χ4n) is 2.08. The number of methoxy groups -OCH3 is 1. The van der Waals surface area contributed by atoms with Crippen LogP contribution in [-0.4, -0.2) is 23.9 Å². The molecule has 2 rings (SSSR count). The lowest BCUT2D eigenvalue weighted by Gasteiger charge is -2.17. The van der Waals surface area contributed by atoms with Crippen molar-refractivity contribution in [2.75, 3.05) is 13.7 Å². The normalized spacial score (nSPS) is 12.1. The molecule has 0 aliphatic rings. The van der Waals surface area contributed by atoms with Gasteiger partial charge in [-0.05, 0) is 11.6 Å². The van der Waals surface area contributed by atoms with E-state index in [1.807, 2.05) is 42.5 Å². The lowest BCUT2D eigenvalue weighted by Crippen LogP contribution is -2.24. The van der Waals surface area contributed by atoms with Gasteiger partial charge in [0.2, 0.25) is 0 Å². The lowest BCUT2D eigenvalue weighted by atomic mass is 10.1. The Balaban J connectivity index is 2.08. The highest BCUT2D eigenvalue weighted by Crippen LogP contribution is 2.29. The van der Waals surface area contributed by atoms with Crippen molar-refractivity contribution in [1.82, 2.24) is 5.32 Å². The predicted octanol–water partition coefficient (Wildman–Crippen LogP) is 2.22. The van der Waals surface area contributed by atoms with Crippen LogP contribution in [-0.2, 0) is 6.54 Å². The molecule has 0 aliphatic heterocycles. The molecule has 0 amide bonds. The van der Waals surface area contributed by atoms with Gasteiger partial charge in [0.1, 0.15) is 0 Å². The largest absolute Gasteiger partial charge is 0.504 e. The molecule has 0 saturated heterocycles. The van der Waals surface area contributed by atoms with Crippen LogP contribution in [0.5, 0.6) is 11.5 Å². The Morgan fingerprint density at radius 1 is 1.10 bits per heavy atom. The quantitative estimate of drug-likeness (QED) is 0.755. The fourth-order valence-corrected chi connectivity index (χ4v) is 2.08. The third kappa shape index (κ3) is 3.29. The third-order valence-corrected chi connectivity index (χ3v) is 3.23. The van der Waals surface area contributed by atoms with Gasteiger partial charge in [0.05, 0.1) is 19.8 Å². The van der Waals surface area contributed by atoms with E-state index in [9.17, 15) is 10.2 Å². The van der Waals surface area contributed by atoms with Crippen LogP contribution in [0.15, 0.2) is 48.5 Å². The highest BCUT2D eigenvalue weighted by atomic mass is 16.5. The van der Waals surface area contributed by atoms with Gasteiger partial charge in [-0.2, -0.15) is 0 Å². The molecule has 2 aromatic rings. The van der Waals surface area contributed by atoms with Crippen molar-refractivity contribution >= 4 is 0 Å². The smallest absolute Gasteiger partial charge is 0.162 e. The molecule has 0 spiro atoms. The molecule has 4 nitrogen and oxygen atoms in total. The lowest BCUT2D eigenvalue weighted by molar-refractivity contribution is 0.243. The van der Waals surface area contributed by atoms with Gasteiger partial charge in [0, 0.05) is 12.1 Å². The molecule has 20 heavy (non-hydrogen) atoms. The maximum absolute atomic E-state index is 10.0. The Labute approximate surface area is 118 Å². The molecule has 0 saturated carbocycles. The van der Waals surface area contributed by atoms with E-state index in [1.54, 1.807) is 6.07 Å². The van der Waals surface area contributed by atoms with E-state index in [1.165, 1.54) is 7.11 Å². The van der Waals surface area contributed by atoms with Crippen LogP contribution in [0, 0.1) is 0 Å². The van der Waals surface area contributed by atoms with Crippen molar-refractivity contribution in [2.24, 2.45) is 0 Å². The van der Waals surface area contributed by atoms with E-state index in [2.05, 4.69) is 5.32 Å². The zero-order valence-corrected chi connectivity index (χ0v) is 11.4. The standard InChI is InChI=1S/C16H19NO3/c1-20-15-9-5-8-13(16(15)19)10-17-14(11-18)12-6-3-2-4-7-12/h2-9,14,17-19H,10-11H2,1H3. The van der Waals surface area contributed by atoms with Gasteiger partial charge in [0.15, 0.2) is 11.5 Å². The molecule has 0 aromatic heterocycles. The number of hydrogen-bond acceptors (Lipinski definition) is 4. The Hall–Kier alpha value is -2.04. The molecule has 106 valence electrons. The van der Waals surface area contributed by atoms with E-state index in [-0.39, 0.29) is 18.4 Å². The van der Waals surface area contributed by atoms with Crippen molar-refractivity contribution in [3.8, 4) is 11.5 Å². The second-order valence-electron chi connectivity index (χ2n) is 4.49. The summed E-state index contributed by atoms with van der Waals surface area (Å²) >= 11 is 0. The molecular formula is C16H19NO3. The van der Waals surface area contributed by atoms with Crippen LogP contribution in [0.1, 0.15) is 17.2 Å². The molecule has 0 aliphatic carbocycles. The van der Waals surface area contributed by atoms with Crippen molar-refractivity contribution in [3.63, 3.8) is 0 Å². The zero-order valence-electron chi connectivity index (χ0n) is 11.4. The molecule has 1 unspecified atom stereocenters. The number of rotatable bonds is 6. The summed E-state index contributed by atoms with van der Waals surface area (Å²) in [4.78, 5) is 0. The number of phenols is 1. The fraction of sp³-hybridized carbons (Fsp3) is 0.250. The third-order valence-electron chi connectivity index (χ3n) is 3.23. The van der Waals surface area contributed by atoms with Crippen LogP contribution in [0.2, 0.25) is 0 Å². The summed E-state index contributed by atoms with van der Waals surface area (Å²) in [5.41, 5.74) is 1.75. The van der Waals surface area contributed by atoms with Gasteiger partial charge in [-0.1, -0.05) is 42.5 Å². The van der Waals surface area contributed by atoms with E-state index >= 15 is 0 Å². The van der Waals surface area contributed by atoms with Crippen molar-refractivity contribution < 1.29 is 14.9 Å². The number of nitrogens with one attached hydrogen (secondary N) is 1. The van der Waals surface area contributed by atoms with Crippen LogP contribution in [0.25, 0.3) is 0 Å². The molecule has 1 atom stereocenters. The average Bonchev–Trinajstić information content (AvgIpc) is 2.50. The molecule has 4 heteroatoms. The Morgan fingerprint density at radius 3 is 2.50 bits per heavy atom. The molecule has 2 aromatic carbocycles. The van der Waals surface area contributed by atoms with Gasteiger partial charge in [-0.25, -0.2) is 0 Å². The first-order valence-electron chi connectivity index (χ1n) is 6.50. The maximum Gasteiger partial charge on any atom is 0.162 e. The van der Waals surface area contributed by atoms with Gasteiger partial charge in [-0.3, -0.25) is 0 Å². The highest BCUT2D eigenvalue weighted by Gasteiger charge is 2.12. The van der Waals surface area contributed by atoms with Crippen molar-refractivity contribution in [1.29, 1.82) is 0 Å². The van der Waals surface area contributed by atoms with E-state index in [0.717, 1.165) is 11.1 Å². The Bertz CT molecular complexity index is 543. The summed E-state index contributed by atoms with van der Waals surface area (Å²) in [6.45, 7) is 0.442. The van der Waals surface area contributed by atoms with E-state index in [0.29, 0.717) is 12.3 Å². The number of hydrogen-bond donors (Lipinski definition) is 3. The van der Waals surface area contributed by atoms with E-state index in [4.69, 9.17) is 4.74 Å². The number of aromatic hydroxyl groups is 1. The number of benzene rings is 2. The summed E-state index contributed by atoms with van der Waals surface area (Å²) in [6.07, 6.45) is 0. The Morgan fingerprint density at radius 2 is 1.85 bits per heavy atom. The molecule has 0 radical (unpaired) electrons. The predicted molar refractivity (Wildman–Crippen MR) is 77.8 cm³/mol. The molecule has 0 bridgehead atoms. The van der Waals surface area contributed by atoms with E-state index < -0.39 is 0 Å². The second kappa shape index (κ2) is 6.93.